The summed E-state index contributed by atoms with van der Waals surface area (Å²) in [7, 11) is -1.51. The molecule has 0 radical (unpaired) electrons. The Hall–Kier alpha value is -2.49. The summed E-state index contributed by atoms with van der Waals surface area (Å²) in [6, 6.07) is 6.87. The van der Waals surface area contributed by atoms with E-state index in [2.05, 4.69) is 44.6 Å². The zero-order valence-corrected chi connectivity index (χ0v) is 14.9. The van der Waals surface area contributed by atoms with Crippen LogP contribution in [0.2, 0.25) is 19.6 Å². The minimum atomic E-state index is -4.65. The number of benzene rings is 1. The van der Waals surface area contributed by atoms with Crippen molar-refractivity contribution in [1.82, 2.24) is 25.1 Å². The smallest absolute Gasteiger partial charge is 0.329 e. The van der Waals surface area contributed by atoms with E-state index >= 15 is 0 Å². The number of hydrogen-bond donors (Lipinski definition) is 0. The van der Waals surface area contributed by atoms with Gasteiger partial charge in [-0.2, -0.15) is 18.2 Å². The van der Waals surface area contributed by atoms with Crippen LogP contribution in [0.4, 0.5) is 13.2 Å². The van der Waals surface area contributed by atoms with E-state index in [-0.39, 0.29) is 5.82 Å². The Morgan fingerprint density at radius 2 is 1.80 bits per heavy atom. The van der Waals surface area contributed by atoms with Crippen molar-refractivity contribution in [1.29, 1.82) is 0 Å². The van der Waals surface area contributed by atoms with Gasteiger partial charge in [0.05, 0.1) is 11.9 Å². The Kier molecular flexibility index (Phi) is 4.23. The van der Waals surface area contributed by atoms with Crippen molar-refractivity contribution in [3.05, 3.63) is 41.9 Å². The summed E-state index contributed by atoms with van der Waals surface area (Å²) in [4.78, 5) is 3.37. The zero-order valence-electron chi connectivity index (χ0n) is 13.9. The van der Waals surface area contributed by atoms with Crippen molar-refractivity contribution < 1.29 is 17.7 Å². The highest BCUT2D eigenvalue weighted by molar-refractivity contribution is 6.88. The second kappa shape index (κ2) is 6.10. The second-order valence-electron chi connectivity index (χ2n) is 6.67. The Morgan fingerprint density at radius 1 is 1.12 bits per heavy atom. The van der Waals surface area contributed by atoms with Crippen LogP contribution >= 0.6 is 0 Å². The summed E-state index contributed by atoms with van der Waals surface area (Å²) in [5.74, 6) is -1.45. The molecule has 2 aromatic heterocycles. The van der Waals surface area contributed by atoms with Gasteiger partial charge in [-0.1, -0.05) is 54.3 Å². The first kappa shape index (κ1) is 17.3. The van der Waals surface area contributed by atoms with Gasteiger partial charge in [0.25, 0.3) is 0 Å². The minimum absolute atomic E-state index is 0.0966. The molecule has 10 heteroatoms. The lowest BCUT2D eigenvalue weighted by atomic mass is 10.1. The van der Waals surface area contributed by atoms with Gasteiger partial charge in [0, 0.05) is 11.8 Å². The monoisotopic (exact) mass is 367 g/mol. The van der Waals surface area contributed by atoms with Crippen molar-refractivity contribution in [2.24, 2.45) is 0 Å². The molecule has 0 aliphatic heterocycles. The van der Waals surface area contributed by atoms with Gasteiger partial charge >= 0.3 is 12.1 Å². The number of halogens is 3. The van der Waals surface area contributed by atoms with Crippen LogP contribution < -0.4 is 5.32 Å². The molecule has 0 aliphatic carbocycles. The number of aromatic nitrogens is 5. The third kappa shape index (κ3) is 3.95. The van der Waals surface area contributed by atoms with E-state index in [0.29, 0.717) is 12.1 Å². The van der Waals surface area contributed by atoms with E-state index in [1.165, 1.54) is 0 Å². The summed E-state index contributed by atoms with van der Waals surface area (Å²) in [5.41, 5.74) is 1.39. The molecule has 6 nitrogen and oxygen atoms in total. The molecule has 132 valence electrons. The highest BCUT2D eigenvalue weighted by Crippen LogP contribution is 2.29. The molecular formula is C15H16F3N5OSi. The summed E-state index contributed by atoms with van der Waals surface area (Å²) >= 11 is 0. The van der Waals surface area contributed by atoms with E-state index in [1.807, 2.05) is 6.20 Å². The fourth-order valence-electron chi connectivity index (χ4n) is 2.12. The topological polar surface area (TPSA) is 69.6 Å². The fourth-order valence-corrected chi connectivity index (χ4v) is 3.00. The van der Waals surface area contributed by atoms with Crippen molar-refractivity contribution in [2.45, 2.75) is 32.4 Å². The van der Waals surface area contributed by atoms with Gasteiger partial charge < -0.3 is 4.52 Å². The molecule has 3 rings (SSSR count). The Morgan fingerprint density at radius 3 is 2.32 bits per heavy atom. The van der Waals surface area contributed by atoms with E-state index in [1.54, 1.807) is 28.9 Å². The molecular weight excluding hydrogens is 351 g/mol. The molecule has 0 saturated carbocycles. The second-order valence-corrected chi connectivity index (χ2v) is 11.7. The molecule has 0 spiro atoms. The minimum Gasteiger partial charge on any atom is -0.329 e. The van der Waals surface area contributed by atoms with Crippen molar-refractivity contribution in [2.75, 3.05) is 0 Å². The van der Waals surface area contributed by atoms with E-state index in [0.717, 1.165) is 10.9 Å². The van der Waals surface area contributed by atoms with Crippen LogP contribution in [-0.2, 0) is 12.7 Å². The van der Waals surface area contributed by atoms with E-state index in [9.17, 15) is 13.2 Å². The SMILES string of the molecule is C[Si](C)(C)c1cn(Cc2ccc(-c3noc(C(F)(F)F)n3)cc2)nn1. The van der Waals surface area contributed by atoms with Crippen LogP contribution in [0.15, 0.2) is 35.0 Å². The normalized spacial score (nSPS) is 12.6. The van der Waals surface area contributed by atoms with Crippen LogP contribution in [0.1, 0.15) is 11.5 Å². The van der Waals surface area contributed by atoms with Crippen LogP contribution in [0.3, 0.4) is 0 Å². The number of alkyl halides is 3. The standard InChI is InChI=1S/C15H16F3N5OSi/c1-25(2,3)12-9-23(22-20-12)8-10-4-6-11(7-5-10)13-19-14(24-21-13)15(16,17)18/h4-7,9H,8H2,1-3H3. The molecule has 0 amide bonds. The first-order chi connectivity index (χ1) is 11.6. The molecule has 1 aromatic carbocycles. The Balaban J connectivity index is 1.74. The maximum atomic E-state index is 12.5. The summed E-state index contributed by atoms with van der Waals surface area (Å²) in [6.45, 7) is 7.10. The van der Waals surface area contributed by atoms with Gasteiger partial charge in [-0.3, -0.25) is 0 Å². The van der Waals surface area contributed by atoms with E-state index in [4.69, 9.17) is 0 Å². The predicted molar refractivity (Wildman–Crippen MR) is 86.8 cm³/mol. The third-order valence-electron chi connectivity index (χ3n) is 3.53. The first-order valence-corrected chi connectivity index (χ1v) is 11.0. The molecule has 0 unspecified atom stereocenters. The van der Waals surface area contributed by atoms with Crippen LogP contribution in [-0.4, -0.2) is 33.2 Å². The lowest BCUT2D eigenvalue weighted by Crippen LogP contribution is -2.38. The lowest BCUT2D eigenvalue weighted by Gasteiger charge is -2.09. The molecule has 0 bridgehead atoms. The molecule has 0 fully saturated rings. The molecule has 0 N–H and O–H groups in total. The zero-order chi connectivity index (χ0) is 18.2. The van der Waals surface area contributed by atoms with Gasteiger partial charge in [0.2, 0.25) is 5.82 Å². The fraction of sp³-hybridized carbons (Fsp3) is 0.333. The van der Waals surface area contributed by atoms with Crippen molar-refractivity contribution in [3.63, 3.8) is 0 Å². The Bertz CT molecular complexity index is 864. The quantitative estimate of drug-likeness (QED) is 0.663. The summed E-state index contributed by atoms with van der Waals surface area (Å²) in [5, 5.41) is 12.7. The van der Waals surface area contributed by atoms with Gasteiger partial charge in [0.15, 0.2) is 0 Å². The number of hydrogen-bond acceptors (Lipinski definition) is 5. The van der Waals surface area contributed by atoms with Gasteiger partial charge in [-0.25, -0.2) is 4.68 Å². The van der Waals surface area contributed by atoms with Crippen LogP contribution in [0.25, 0.3) is 11.4 Å². The average Bonchev–Trinajstić information content (AvgIpc) is 3.15. The summed E-state index contributed by atoms with van der Waals surface area (Å²) < 4.78 is 43.5. The van der Waals surface area contributed by atoms with Gasteiger partial charge in [-0.15, -0.1) is 5.10 Å². The molecule has 2 heterocycles. The largest absolute Gasteiger partial charge is 0.471 e. The molecule has 0 saturated heterocycles. The van der Waals surface area contributed by atoms with Gasteiger partial charge in [-0.05, 0) is 5.56 Å². The average molecular weight is 367 g/mol. The van der Waals surface area contributed by atoms with E-state index < -0.39 is 20.1 Å². The maximum absolute atomic E-state index is 12.5. The number of nitrogens with zero attached hydrogens (tertiary/aromatic N) is 5. The number of rotatable bonds is 4. The molecule has 25 heavy (non-hydrogen) atoms. The van der Waals surface area contributed by atoms with Crippen LogP contribution in [0, 0.1) is 0 Å². The Labute approximate surface area is 142 Å². The molecule has 0 aliphatic rings. The maximum Gasteiger partial charge on any atom is 0.471 e. The predicted octanol–water partition coefficient (Wildman–Crippen LogP) is 2.94. The van der Waals surface area contributed by atoms with Crippen molar-refractivity contribution in [3.8, 4) is 11.4 Å². The third-order valence-corrected chi connectivity index (χ3v) is 5.30. The first-order valence-electron chi connectivity index (χ1n) is 7.54. The molecule has 3 aromatic rings. The highest BCUT2D eigenvalue weighted by atomic mass is 28.3. The summed E-state index contributed by atoms with van der Waals surface area (Å²) in [6.07, 6.45) is -2.71. The highest BCUT2D eigenvalue weighted by Gasteiger charge is 2.38. The lowest BCUT2D eigenvalue weighted by molar-refractivity contribution is -0.159. The van der Waals surface area contributed by atoms with Crippen LogP contribution in [0.5, 0.6) is 0 Å². The van der Waals surface area contributed by atoms with Crippen molar-refractivity contribution >= 4 is 13.4 Å². The van der Waals surface area contributed by atoms with Gasteiger partial charge in [0.1, 0.15) is 8.07 Å². The molecule has 0 atom stereocenters.